The number of aliphatic hydroxyl groups is 1. The lowest BCUT2D eigenvalue weighted by Gasteiger charge is -2.09. The Morgan fingerprint density at radius 2 is 0.750 bits per heavy atom. The minimum absolute atomic E-state index is 0.301. The molecule has 0 saturated carbocycles. The van der Waals surface area contributed by atoms with Crippen LogP contribution in [0.3, 0.4) is 0 Å². The van der Waals surface area contributed by atoms with Gasteiger partial charge in [-0.25, -0.2) is 0 Å². The van der Waals surface area contributed by atoms with Gasteiger partial charge in [-0.05, 0) is 77.0 Å². The van der Waals surface area contributed by atoms with Crippen molar-refractivity contribution >= 4 is 11.6 Å². The Bertz CT molecular complexity index is 702. The predicted molar refractivity (Wildman–Crippen MR) is 175 cm³/mol. The molecule has 0 radical (unpaired) electrons. The van der Waals surface area contributed by atoms with Crippen molar-refractivity contribution in [2.24, 2.45) is 0 Å². The largest absolute Gasteiger partial charge is 0.378 e. The molecule has 0 heterocycles. The van der Waals surface area contributed by atoms with Crippen molar-refractivity contribution in [3.63, 3.8) is 0 Å². The van der Waals surface area contributed by atoms with E-state index in [1.165, 1.54) is 12.8 Å². The van der Waals surface area contributed by atoms with Crippen molar-refractivity contribution in [2.75, 3.05) is 0 Å². The Kier molecular flexibility index (Phi) is 29.5. The molecule has 0 atom stereocenters. The maximum absolute atomic E-state index is 12.2. The molecule has 0 rings (SSSR count). The third-order valence-corrected chi connectivity index (χ3v) is 6.76. The Hall–Kier alpha value is -2.26. The van der Waals surface area contributed by atoms with Crippen LogP contribution in [-0.2, 0) is 9.59 Å². The van der Waals surface area contributed by atoms with Gasteiger partial charge in [-0.2, -0.15) is 0 Å². The number of hydrogen-bond acceptors (Lipinski definition) is 3. The standard InChI is InChI=1S/C37H60O3/c1-3-5-7-9-11-13-15-17-19-21-23-25-27-29-31-33-35(38)37(40)36(39)34-32-30-28-26-24-22-20-18-16-14-12-10-8-6-4-2/h5-8,11-14,17-20,37,40H,3-4,9-10,15-16,21-34H2,1-2H3/b7-5-,8-6-,13-11-,14-12-,19-17-,20-18-. The summed E-state index contributed by atoms with van der Waals surface area (Å²) >= 11 is 0. The van der Waals surface area contributed by atoms with E-state index in [1.807, 2.05) is 0 Å². The lowest BCUT2D eigenvalue weighted by molar-refractivity contribution is -0.138. The van der Waals surface area contributed by atoms with Gasteiger partial charge in [0.05, 0.1) is 0 Å². The van der Waals surface area contributed by atoms with Crippen molar-refractivity contribution in [2.45, 2.75) is 148 Å². The van der Waals surface area contributed by atoms with Crippen LogP contribution in [0.25, 0.3) is 0 Å². The monoisotopic (exact) mass is 552 g/mol. The summed E-state index contributed by atoms with van der Waals surface area (Å²) in [5.74, 6) is -0.601. The maximum atomic E-state index is 12.2. The summed E-state index contributed by atoms with van der Waals surface area (Å²) in [4.78, 5) is 24.4. The van der Waals surface area contributed by atoms with Crippen LogP contribution in [0.1, 0.15) is 142 Å². The van der Waals surface area contributed by atoms with E-state index in [4.69, 9.17) is 0 Å². The average molecular weight is 553 g/mol. The number of hydrogen-bond donors (Lipinski definition) is 1. The van der Waals surface area contributed by atoms with Crippen LogP contribution in [0.2, 0.25) is 0 Å². The van der Waals surface area contributed by atoms with Crippen LogP contribution in [0, 0.1) is 0 Å². The van der Waals surface area contributed by atoms with E-state index < -0.39 is 6.10 Å². The molecule has 0 bridgehead atoms. The molecule has 0 aromatic heterocycles. The third kappa shape index (κ3) is 27.3. The molecular weight excluding hydrogens is 492 g/mol. The molecule has 0 saturated heterocycles. The van der Waals surface area contributed by atoms with Crippen molar-refractivity contribution in [1.82, 2.24) is 0 Å². The summed E-state index contributed by atoms with van der Waals surface area (Å²) in [6.07, 6.45) is 44.5. The van der Waals surface area contributed by atoms with Gasteiger partial charge in [0.25, 0.3) is 0 Å². The molecule has 0 amide bonds. The second-order valence-corrected chi connectivity index (χ2v) is 10.5. The molecule has 0 aliphatic rings. The highest BCUT2D eigenvalue weighted by molar-refractivity contribution is 6.04. The molecule has 3 nitrogen and oxygen atoms in total. The number of carbonyl (C=O) groups excluding carboxylic acids is 2. The molecule has 40 heavy (non-hydrogen) atoms. The van der Waals surface area contributed by atoms with Gasteiger partial charge in [-0.1, -0.05) is 125 Å². The van der Waals surface area contributed by atoms with E-state index in [9.17, 15) is 14.7 Å². The molecule has 0 aliphatic heterocycles. The first kappa shape index (κ1) is 37.7. The topological polar surface area (TPSA) is 54.4 Å². The normalized spacial score (nSPS) is 12.7. The fourth-order valence-electron chi connectivity index (χ4n) is 4.29. The first-order chi connectivity index (χ1) is 19.6. The van der Waals surface area contributed by atoms with Gasteiger partial charge >= 0.3 is 0 Å². The number of rotatable bonds is 28. The zero-order valence-electron chi connectivity index (χ0n) is 25.9. The van der Waals surface area contributed by atoms with Gasteiger partial charge in [-0.3, -0.25) is 9.59 Å². The number of allylic oxidation sites excluding steroid dienone is 12. The molecule has 0 aromatic rings. The molecule has 0 aromatic carbocycles. The Labute approximate surface area is 247 Å². The quantitative estimate of drug-likeness (QED) is 0.0596. The van der Waals surface area contributed by atoms with Crippen molar-refractivity contribution in [3.8, 4) is 0 Å². The summed E-state index contributed by atoms with van der Waals surface area (Å²) in [6, 6.07) is 0. The number of unbranched alkanes of at least 4 members (excludes halogenated alkanes) is 10. The second-order valence-electron chi connectivity index (χ2n) is 10.5. The first-order valence-electron chi connectivity index (χ1n) is 16.3. The van der Waals surface area contributed by atoms with Crippen LogP contribution < -0.4 is 0 Å². The van der Waals surface area contributed by atoms with Crippen LogP contribution in [0.4, 0.5) is 0 Å². The highest BCUT2D eigenvalue weighted by Gasteiger charge is 2.22. The highest BCUT2D eigenvalue weighted by atomic mass is 16.3. The van der Waals surface area contributed by atoms with Crippen LogP contribution in [-0.4, -0.2) is 22.8 Å². The van der Waals surface area contributed by atoms with Gasteiger partial charge in [0, 0.05) is 12.8 Å². The molecule has 0 spiro atoms. The van der Waals surface area contributed by atoms with E-state index in [2.05, 4.69) is 86.8 Å². The smallest absolute Gasteiger partial charge is 0.170 e. The average Bonchev–Trinajstić information content (AvgIpc) is 2.96. The van der Waals surface area contributed by atoms with Crippen LogP contribution in [0.15, 0.2) is 72.9 Å². The van der Waals surface area contributed by atoms with E-state index in [0.717, 1.165) is 103 Å². The molecule has 0 fully saturated rings. The minimum atomic E-state index is -1.41. The molecule has 226 valence electrons. The summed E-state index contributed by atoms with van der Waals surface area (Å²) in [7, 11) is 0. The summed E-state index contributed by atoms with van der Waals surface area (Å²) in [5.41, 5.74) is 0. The van der Waals surface area contributed by atoms with E-state index in [-0.39, 0.29) is 11.6 Å². The van der Waals surface area contributed by atoms with E-state index in [0.29, 0.717) is 12.8 Å². The molecule has 1 N–H and O–H groups in total. The van der Waals surface area contributed by atoms with Crippen molar-refractivity contribution < 1.29 is 14.7 Å². The predicted octanol–water partition coefficient (Wildman–Crippen LogP) is 10.7. The SMILES string of the molecule is CC/C=C\C/C=C\C/C=C\CCCCCCCC(=O)C(O)C(=O)CCCCCCC/C=C\C/C=C\C/C=C\CC. The van der Waals surface area contributed by atoms with Gasteiger partial charge < -0.3 is 5.11 Å². The zero-order valence-corrected chi connectivity index (χ0v) is 25.9. The minimum Gasteiger partial charge on any atom is -0.378 e. The van der Waals surface area contributed by atoms with Gasteiger partial charge in [-0.15, -0.1) is 0 Å². The Morgan fingerprint density at radius 3 is 1.12 bits per heavy atom. The number of carbonyl (C=O) groups is 2. The van der Waals surface area contributed by atoms with E-state index >= 15 is 0 Å². The maximum Gasteiger partial charge on any atom is 0.170 e. The fourth-order valence-corrected chi connectivity index (χ4v) is 4.29. The lowest BCUT2D eigenvalue weighted by atomic mass is 9.99. The Morgan fingerprint density at radius 1 is 0.450 bits per heavy atom. The van der Waals surface area contributed by atoms with Gasteiger partial charge in [0.1, 0.15) is 0 Å². The lowest BCUT2D eigenvalue weighted by Crippen LogP contribution is -2.29. The summed E-state index contributed by atoms with van der Waals surface area (Å²) in [6.45, 7) is 4.30. The fraction of sp³-hybridized carbons (Fsp3) is 0.622. The molecule has 0 unspecified atom stereocenters. The number of aliphatic hydroxyl groups excluding tert-OH is 1. The third-order valence-electron chi connectivity index (χ3n) is 6.76. The van der Waals surface area contributed by atoms with Gasteiger partial charge in [0.15, 0.2) is 17.7 Å². The second kappa shape index (κ2) is 31.3. The van der Waals surface area contributed by atoms with Crippen LogP contribution in [0.5, 0.6) is 0 Å². The Balaban J connectivity index is 3.61. The first-order valence-corrected chi connectivity index (χ1v) is 16.3. The number of ketones is 2. The molecule has 0 aliphatic carbocycles. The van der Waals surface area contributed by atoms with Crippen LogP contribution >= 0.6 is 0 Å². The summed E-state index contributed by atoms with van der Waals surface area (Å²) < 4.78 is 0. The molecular formula is C37H60O3. The number of Topliss-reactive ketones (excluding diaryl/α,β-unsaturated/α-hetero) is 2. The van der Waals surface area contributed by atoms with Crippen molar-refractivity contribution in [3.05, 3.63) is 72.9 Å². The van der Waals surface area contributed by atoms with Gasteiger partial charge in [0.2, 0.25) is 0 Å². The molecule has 3 heteroatoms. The zero-order chi connectivity index (χ0) is 29.4. The van der Waals surface area contributed by atoms with E-state index in [1.54, 1.807) is 0 Å². The highest BCUT2D eigenvalue weighted by Crippen LogP contribution is 2.12. The van der Waals surface area contributed by atoms with Crippen molar-refractivity contribution in [1.29, 1.82) is 0 Å². The summed E-state index contributed by atoms with van der Waals surface area (Å²) in [5, 5.41) is 10.1.